The Hall–Kier alpha value is -2.49. The third kappa shape index (κ3) is 3.16. The van der Waals surface area contributed by atoms with E-state index in [9.17, 15) is 4.79 Å². The van der Waals surface area contributed by atoms with Crippen LogP contribution in [0.25, 0.3) is 0 Å². The number of carbonyl (C=O) groups is 1. The summed E-state index contributed by atoms with van der Waals surface area (Å²) >= 11 is 0. The van der Waals surface area contributed by atoms with E-state index in [1.54, 1.807) is 12.1 Å². The van der Waals surface area contributed by atoms with E-state index < -0.39 is 0 Å². The van der Waals surface area contributed by atoms with Crippen molar-refractivity contribution in [3.8, 4) is 5.75 Å². The van der Waals surface area contributed by atoms with E-state index in [-0.39, 0.29) is 5.97 Å². The topological polar surface area (TPSA) is 38.8 Å². The van der Waals surface area contributed by atoms with Gasteiger partial charge in [-0.25, -0.2) is 4.79 Å². The first-order valence-electron chi connectivity index (χ1n) is 7.88. The van der Waals surface area contributed by atoms with Crippen LogP contribution < -0.4 is 9.64 Å². The zero-order chi connectivity index (χ0) is 16.2. The molecule has 120 valence electrons. The molecule has 0 aliphatic carbocycles. The lowest BCUT2D eigenvalue weighted by molar-refractivity contribution is 0.0600. The normalized spacial score (nSPS) is 17.0. The van der Waals surface area contributed by atoms with Gasteiger partial charge in [-0.3, -0.25) is 0 Å². The Labute approximate surface area is 136 Å². The minimum Gasteiger partial charge on any atom is -0.491 e. The van der Waals surface area contributed by atoms with Crippen LogP contribution in [0.15, 0.2) is 48.5 Å². The first kappa shape index (κ1) is 15.4. The summed E-state index contributed by atoms with van der Waals surface area (Å²) in [5, 5.41) is 0. The van der Waals surface area contributed by atoms with Gasteiger partial charge >= 0.3 is 5.97 Å². The number of esters is 1. The zero-order valence-corrected chi connectivity index (χ0v) is 13.5. The van der Waals surface area contributed by atoms with Crippen LogP contribution in [0.5, 0.6) is 5.75 Å². The van der Waals surface area contributed by atoms with Crippen molar-refractivity contribution in [2.45, 2.75) is 25.9 Å². The van der Waals surface area contributed by atoms with Crippen LogP contribution in [0, 0.1) is 0 Å². The number of carbonyl (C=O) groups excluding carboxylic acids is 1. The molecular weight excluding hydrogens is 290 g/mol. The molecule has 0 fully saturated rings. The summed E-state index contributed by atoms with van der Waals surface area (Å²) in [6, 6.07) is 16.2. The fraction of sp³-hybridized carbons (Fsp3) is 0.316. The monoisotopic (exact) mass is 311 g/mol. The fourth-order valence-electron chi connectivity index (χ4n) is 2.91. The second-order valence-electron chi connectivity index (χ2n) is 5.65. The molecule has 1 atom stereocenters. The Morgan fingerprint density at radius 3 is 2.74 bits per heavy atom. The Kier molecular flexibility index (Phi) is 4.51. The van der Waals surface area contributed by atoms with E-state index in [0.717, 1.165) is 24.3 Å². The van der Waals surface area contributed by atoms with Crippen molar-refractivity contribution in [2.24, 2.45) is 0 Å². The highest BCUT2D eigenvalue weighted by Gasteiger charge is 2.24. The van der Waals surface area contributed by atoms with Crippen molar-refractivity contribution in [3.63, 3.8) is 0 Å². The molecule has 1 heterocycles. The molecule has 2 aromatic rings. The molecule has 0 amide bonds. The number of hydrogen-bond donors (Lipinski definition) is 0. The summed E-state index contributed by atoms with van der Waals surface area (Å²) in [5.74, 6) is 0.428. The molecular formula is C19H21NO3. The molecule has 0 saturated heterocycles. The molecule has 0 N–H and O–H groups in total. The van der Waals surface area contributed by atoms with Crippen molar-refractivity contribution in [3.05, 3.63) is 59.7 Å². The molecule has 1 unspecified atom stereocenters. The molecule has 0 radical (unpaired) electrons. The number of hydrogen-bond acceptors (Lipinski definition) is 4. The van der Waals surface area contributed by atoms with Gasteiger partial charge in [0.1, 0.15) is 12.4 Å². The van der Waals surface area contributed by atoms with E-state index in [2.05, 4.69) is 36.1 Å². The molecule has 0 bridgehead atoms. The summed E-state index contributed by atoms with van der Waals surface area (Å²) < 4.78 is 10.8. The lowest BCUT2D eigenvalue weighted by Crippen LogP contribution is -2.36. The lowest BCUT2D eigenvalue weighted by atomic mass is 10.1. The second-order valence-corrected chi connectivity index (χ2v) is 5.65. The standard InChI is InChI=1S/C19H21NO3/c1-3-16-13-23-18-11-14(19(21)22-2)9-10-15(18)12-20(16)17-7-5-4-6-8-17/h4-11,16H,3,12-13H2,1-2H3. The summed E-state index contributed by atoms with van der Waals surface area (Å²) in [5.41, 5.74) is 2.79. The molecule has 2 aromatic carbocycles. The van der Waals surface area contributed by atoms with Crippen LogP contribution in [-0.2, 0) is 11.3 Å². The predicted octanol–water partition coefficient (Wildman–Crippen LogP) is 3.65. The van der Waals surface area contributed by atoms with Crippen LogP contribution in [0.3, 0.4) is 0 Å². The van der Waals surface area contributed by atoms with Gasteiger partial charge in [0.15, 0.2) is 0 Å². The summed E-state index contributed by atoms with van der Waals surface area (Å²) in [7, 11) is 1.39. The highest BCUT2D eigenvalue weighted by Crippen LogP contribution is 2.30. The Balaban J connectivity index is 1.94. The average molecular weight is 311 g/mol. The first-order valence-corrected chi connectivity index (χ1v) is 7.88. The highest BCUT2D eigenvalue weighted by molar-refractivity contribution is 5.90. The Morgan fingerprint density at radius 1 is 1.26 bits per heavy atom. The summed E-state index contributed by atoms with van der Waals surface area (Å²) in [4.78, 5) is 14.1. The number of nitrogens with zero attached hydrogens (tertiary/aromatic N) is 1. The molecule has 4 nitrogen and oxygen atoms in total. The summed E-state index contributed by atoms with van der Waals surface area (Å²) in [6.45, 7) is 3.53. The Bertz CT molecular complexity index is 684. The largest absolute Gasteiger partial charge is 0.491 e. The van der Waals surface area contributed by atoms with Crippen molar-refractivity contribution in [1.29, 1.82) is 0 Å². The number of ether oxygens (including phenoxy) is 2. The van der Waals surface area contributed by atoms with E-state index in [1.807, 2.05) is 12.1 Å². The number of benzene rings is 2. The van der Waals surface area contributed by atoms with Gasteiger partial charge in [0.25, 0.3) is 0 Å². The molecule has 4 heteroatoms. The van der Waals surface area contributed by atoms with Crippen molar-refractivity contribution >= 4 is 11.7 Å². The van der Waals surface area contributed by atoms with E-state index in [0.29, 0.717) is 18.2 Å². The predicted molar refractivity (Wildman–Crippen MR) is 90.0 cm³/mol. The number of rotatable bonds is 3. The van der Waals surface area contributed by atoms with Crippen LogP contribution in [-0.4, -0.2) is 25.7 Å². The number of para-hydroxylation sites is 1. The summed E-state index contributed by atoms with van der Waals surface area (Å²) in [6.07, 6.45) is 0.993. The maximum atomic E-state index is 11.7. The van der Waals surface area contributed by atoms with Crippen LogP contribution in [0.1, 0.15) is 29.3 Å². The maximum Gasteiger partial charge on any atom is 0.337 e. The minimum absolute atomic E-state index is 0.298. The highest BCUT2D eigenvalue weighted by atomic mass is 16.5. The molecule has 0 saturated carbocycles. The van der Waals surface area contributed by atoms with E-state index >= 15 is 0 Å². The Morgan fingerprint density at radius 2 is 2.04 bits per heavy atom. The smallest absolute Gasteiger partial charge is 0.337 e. The molecule has 1 aliphatic rings. The van der Waals surface area contributed by atoms with Crippen molar-refractivity contribution in [1.82, 2.24) is 0 Å². The van der Waals surface area contributed by atoms with Crippen LogP contribution >= 0.6 is 0 Å². The molecule has 1 aliphatic heterocycles. The molecule has 0 spiro atoms. The van der Waals surface area contributed by atoms with Gasteiger partial charge in [-0.15, -0.1) is 0 Å². The second kappa shape index (κ2) is 6.73. The number of methoxy groups -OCH3 is 1. The number of anilines is 1. The SMILES string of the molecule is CCC1COc2cc(C(=O)OC)ccc2CN1c1ccccc1. The number of fused-ring (bicyclic) bond motifs is 1. The van der Waals surface area contributed by atoms with Gasteiger partial charge in [-0.05, 0) is 30.7 Å². The third-order valence-corrected chi connectivity index (χ3v) is 4.26. The fourth-order valence-corrected chi connectivity index (χ4v) is 2.91. The third-order valence-electron chi connectivity index (χ3n) is 4.26. The first-order chi connectivity index (χ1) is 11.2. The maximum absolute atomic E-state index is 11.7. The van der Waals surface area contributed by atoms with Gasteiger partial charge in [0.2, 0.25) is 0 Å². The van der Waals surface area contributed by atoms with E-state index in [4.69, 9.17) is 9.47 Å². The zero-order valence-electron chi connectivity index (χ0n) is 13.5. The minimum atomic E-state index is -0.340. The molecule has 0 aromatic heterocycles. The van der Waals surface area contributed by atoms with Crippen molar-refractivity contribution in [2.75, 3.05) is 18.6 Å². The molecule has 3 rings (SSSR count). The average Bonchev–Trinajstić information content (AvgIpc) is 2.80. The van der Waals surface area contributed by atoms with Crippen molar-refractivity contribution < 1.29 is 14.3 Å². The van der Waals surface area contributed by atoms with Gasteiger partial charge in [-0.2, -0.15) is 0 Å². The van der Waals surface area contributed by atoms with E-state index in [1.165, 1.54) is 12.8 Å². The van der Waals surface area contributed by atoms with Gasteiger partial charge in [0, 0.05) is 17.8 Å². The van der Waals surface area contributed by atoms with Gasteiger partial charge in [0.05, 0.1) is 18.7 Å². The van der Waals surface area contributed by atoms with Crippen LogP contribution in [0.4, 0.5) is 5.69 Å². The van der Waals surface area contributed by atoms with Gasteiger partial charge in [-0.1, -0.05) is 31.2 Å². The molecule has 23 heavy (non-hydrogen) atoms. The lowest BCUT2D eigenvalue weighted by Gasteiger charge is -2.30. The quantitative estimate of drug-likeness (QED) is 0.811. The van der Waals surface area contributed by atoms with Crippen LogP contribution in [0.2, 0.25) is 0 Å². The van der Waals surface area contributed by atoms with Gasteiger partial charge < -0.3 is 14.4 Å².